The van der Waals surface area contributed by atoms with Gasteiger partial charge < -0.3 is 15.4 Å². The summed E-state index contributed by atoms with van der Waals surface area (Å²) in [5.74, 6) is -0.189. The molecule has 0 saturated carbocycles. The van der Waals surface area contributed by atoms with Crippen LogP contribution >= 0.6 is 11.6 Å². The van der Waals surface area contributed by atoms with Crippen LogP contribution in [-0.2, 0) is 9.53 Å². The maximum absolute atomic E-state index is 12.0. The van der Waals surface area contributed by atoms with Gasteiger partial charge in [-0.25, -0.2) is 4.79 Å². The quantitative estimate of drug-likeness (QED) is 0.718. The predicted octanol–water partition coefficient (Wildman–Crippen LogP) is 4.27. The third kappa shape index (κ3) is 5.69. The fourth-order valence-corrected chi connectivity index (χ4v) is 2.28. The van der Waals surface area contributed by atoms with E-state index >= 15 is 0 Å². The molecular formula is C18H20ClN3O3. The number of carbonyl (C=O) groups excluding carboxylic acids is 2. The average Bonchev–Trinajstić information content (AvgIpc) is 2.58. The summed E-state index contributed by atoms with van der Waals surface area (Å²) in [6, 6.07) is 12.3. The van der Waals surface area contributed by atoms with Crippen LogP contribution in [0.25, 0.3) is 0 Å². The Labute approximate surface area is 151 Å². The number of amides is 2. The molecule has 25 heavy (non-hydrogen) atoms. The van der Waals surface area contributed by atoms with Gasteiger partial charge in [0.1, 0.15) is 0 Å². The lowest BCUT2D eigenvalue weighted by Gasteiger charge is -2.14. The molecule has 6 nitrogen and oxygen atoms in total. The van der Waals surface area contributed by atoms with E-state index in [1.807, 2.05) is 13.0 Å². The Hall–Kier alpha value is -2.73. The van der Waals surface area contributed by atoms with E-state index < -0.39 is 6.09 Å². The number of anilines is 3. The number of carbonyl (C=O) groups is 2. The first-order valence-electron chi connectivity index (χ1n) is 7.82. The van der Waals surface area contributed by atoms with E-state index in [0.29, 0.717) is 23.0 Å². The predicted molar refractivity (Wildman–Crippen MR) is 100 cm³/mol. The fourth-order valence-electron chi connectivity index (χ4n) is 2.15. The highest BCUT2D eigenvalue weighted by Crippen LogP contribution is 2.23. The van der Waals surface area contributed by atoms with Crippen molar-refractivity contribution in [3.8, 4) is 0 Å². The molecule has 0 radical (unpaired) electrons. The molecule has 0 aromatic heterocycles. The summed E-state index contributed by atoms with van der Waals surface area (Å²) < 4.78 is 4.87. The molecule has 2 rings (SSSR count). The molecule has 0 aliphatic rings. The first-order valence-corrected chi connectivity index (χ1v) is 8.20. The topological polar surface area (TPSA) is 79.5 Å². The van der Waals surface area contributed by atoms with E-state index in [-0.39, 0.29) is 12.5 Å². The Morgan fingerprint density at radius 1 is 1.04 bits per heavy atom. The zero-order valence-electron chi connectivity index (χ0n) is 14.1. The molecule has 0 heterocycles. The van der Waals surface area contributed by atoms with E-state index in [1.54, 1.807) is 43.3 Å². The van der Waals surface area contributed by atoms with Crippen molar-refractivity contribution in [3.63, 3.8) is 0 Å². The first kappa shape index (κ1) is 18.6. The lowest BCUT2D eigenvalue weighted by molar-refractivity contribution is -0.114. The first-order chi connectivity index (χ1) is 12.0. The van der Waals surface area contributed by atoms with Crippen LogP contribution in [0.15, 0.2) is 42.5 Å². The number of ether oxygens (including phenoxy) is 1. The van der Waals surface area contributed by atoms with Crippen molar-refractivity contribution in [3.05, 3.63) is 53.1 Å². The van der Waals surface area contributed by atoms with Gasteiger partial charge >= 0.3 is 6.09 Å². The second-order valence-corrected chi connectivity index (χ2v) is 5.67. The summed E-state index contributed by atoms with van der Waals surface area (Å²) in [6.45, 7) is 3.98. The highest BCUT2D eigenvalue weighted by Gasteiger charge is 2.09. The Kier molecular flexibility index (Phi) is 6.65. The summed E-state index contributed by atoms with van der Waals surface area (Å²) >= 11 is 5.81. The number of benzene rings is 2. The monoisotopic (exact) mass is 361 g/mol. The van der Waals surface area contributed by atoms with Crippen LogP contribution in [0.4, 0.5) is 21.9 Å². The molecule has 0 bridgehead atoms. The molecule has 2 aromatic carbocycles. The standard InChI is InChI=1S/C18H20ClN3O3/c1-3-25-18(24)22-16-6-4-5-15(12(16)2)20-11-17(23)21-14-9-7-13(19)8-10-14/h4-10,20H,3,11H2,1-2H3,(H,21,23)(H,22,24). The number of halogens is 1. The zero-order chi connectivity index (χ0) is 18.2. The summed E-state index contributed by atoms with van der Waals surface area (Å²) in [6.07, 6.45) is -0.511. The number of hydrogen-bond acceptors (Lipinski definition) is 4. The van der Waals surface area contributed by atoms with Crippen molar-refractivity contribution in [2.24, 2.45) is 0 Å². The van der Waals surface area contributed by atoms with Crippen LogP contribution in [0.3, 0.4) is 0 Å². The smallest absolute Gasteiger partial charge is 0.411 e. The Morgan fingerprint density at radius 3 is 2.40 bits per heavy atom. The summed E-state index contributed by atoms with van der Waals surface area (Å²) in [7, 11) is 0. The van der Waals surface area contributed by atoms with Gasteiger partial charge in [0.25, 0.3) is 0 Å². The highest BCUT2D eigenvalue weighted by atomic mass is 35.5. The van der Waals surface area contributed by atoms with Gasteiger partial charge in [-0.2, -0.15) is 0 Å². The minimum Gasteiger partial charge on any atom is -0.450 e. The molecule has 0 aliphatic carbocycles. The Morgan fingerprint density at radius 2 is 1.72 bits per heavy atom. The molecule has 2 amide bonds. The van der Waals surface area contributed by atoms with Gasteiger partial charge in [0.05, 0.1) is 13.2 Å². The fraction of sp³-hybridized carbons (Fsp3) is 0.222. The van der Waals surface area contributed by atoms with E-state index in [2.05, 4.69) is 16.0 Å². The second-order valence-electron chi connectivity index (χ2n) is 5.23. The van der Waals surface area contributed by atoms with Crippen LogP contribution in [0.5, 0.6) is 0 Å². The molecule has 7 heteroatoms. The van der Waals surface area contributed by atoms with Gasteiger partial charge in [-0.05, 0) is 55.8 Å². The van der Waals surface area contributed by atoms with Crippen molar-refractivity contribution < 1.29 is 14.3 Å². The molecule has 2 aromatic rings. The van der Waals surface area contributed by atoms with Gasteiger partial charge in [0.2, 0.25) is 5.91 Å². The van der Waals surface area contributed by atoms with Gasteiger partial charge in [-0.3, -0.25) is 10.1 Å². The van der Waals surface area contributed by atoms with Crippen molar-refractivity contribution in [1.29, 1.82) is 0 Å². The number of hydrogen-bond donors (Lipinski definition) is 3. The van der Waals surface area contributed by atoms with Crippen molar-refractivity contribution in [2.75, 3.05) is 29.1 Å². The van der Waals surface area contributed by atoms with Gasteiger partial charge in [0, 0.05) is 22.1 Å². The molecular weight excluding hydrogens is 342 g/mol. The van der Waals surface area contributed by atoms with Crippen LogP contribution in [0.2, 0.25) is 5.02 Å². The number of nitrogens with one attached hydrogen (secondary N) is 3. The van der Waals surface area contributed by atoms with Crippen molar-refractivity contribution in [2.45, 2.75) is 13.8 Å². The van der Waals surface area contributed by atoms with Crippen LogP contribution < -0.4 is 16.0 Å². The Bertz CT molecular complexity index is 748. The molecule has 0 spiro atoms. The number of rotatable bonds is 6. The Balaban J connectivity index is 1.94. The summed E-state index contributed by atoms with van der Waals surface area (Å²) in [5.41, 5.74) is 2.86. The normalized spacial score (nSPS) is 10.0. The summed E-state index contributed by atoms with van der Waals surface area (Å²) in [5, 5.41) is 9.11. The third-order valence-electron chi connectivity index (χ3n) is 3.41. The minimum atomic E-state index is -0.511. The average molecular weight is 362 g/mol. The zero-order valence-corrected chi connectivity index (χ0v) is 14.8. The van der Waals surface area contributed by atoms with E-state index in [4.69, 9.17) is 16.3 Å². The highest BCUT2D eigenvalue weighted by molar-refractivity contribution is 6.30. The molecule has 0 atom stereocenters. The van der Waals surface area contributed by atoms with Crippen LogP contribution in [0.1, 0.15) is 12.5 Å². The van der Waals surface area contributed by atoms with Crippen LogP contribution in [0, 0.1) is 6.92 Å². The maximum atomic E-state index is 12.0. The van der Waals surface area contributed by atoms with Crippen molar-refractivity contribution in [1.82, 2.24) is 0 Å². The van der Waals surface area contributed by atoms with E-state index in [0.717, 1.165) is 11.3 Å². The molecule has 132 valence electrons. The molecule has 0 saturated heterocycles. The lowest BCUT2D eigenvalue weighted by atomic mass is 10.1. The van der Waals surface area contributed by atoms with E-state index in [1.165, 1.54) is 0 Å². The molecule has 0 fully saturated rings. The molecule has 0 unspecified atom stereocenters. The second kappa shape index (κ2) is 8.94. The maximum Gasteiger partial charge on any atom is 0.411 e. The lowest BCUT2D eigenvalue weighted by Crippen LogP contribution is -2.22. The van der Waals surface area contributed by atoms with Gasteiger partial charge in [-0.1, -0.05) is 17.7 Å². The third-order valence-corrected chi connectivity index (χ3v) is 3.67. The molecule has 0 aliphatic heterocycles. The van der Waals surface area contributed by atoms with Crippen molar-refractivity contribution >= 4 is 40.7 Å². The van der Waals surface area contributed by atoms with Gasteiger partial charge in [0.15, 0.2) is 0 Å². The van der Waals surface area contributed by atoms with Crippen LogP contribution in [-0.4, -0.2) is 25.2 Å². The van der Waals surface area contributed by atoms with Gasteiger partial charge in [-0.15, -0.1) is 0 Å². The molecule has 3 N–H and O–H groups in total. The SMILES string of the molecule is CCOC(=O)Nc1cccc(NCC(=O)Nc2ccc(Cl)cc2)c1C. The minimum absolute atomic E-state index is 0.0896. The van der Waals surface area contributed by atoms with E-state index in [9.17, 15) is 9.59 Å². The largest absolute Gasteiger partial charge is 0.450 e. The summed E-state index contributed by atoms with van der Waals surface area (Å²) in [4.78, 5) is 23.6.